The van der Waals surface area contributed by atoms with Gasteiger partial charge in [0.1, 0.15) is 5.02 Å². The second-order valence-electron chi connectivity index (χ2n) is 7.07. The number of nitrogens with one attached hydrogen (secondary N) is 1. The molecule has 1 N–H and O–H groups in total. The number of pyridine rings is 1. The number of alkyl halides is 3. The van der Waals surface area contributed by atoms with Crippen LogP contribution in [0.15, 0.2) is 62.6 Å². The van der Waals surface area contributed by atoms with Crippen LogP contribution in [0.4, 0.5) is 18.9 Å². The first-order chi connectivity index (χ1) is 16.2. The maximum atomic E-state index is 12.8. The predicted molar refractivity (Wildman–Crippen MR) is 122 cm³/mol. The minimum atomic E-state index is -4.55. The first-order valence-electron chi connectivity index (χ1n) is 9.85. The van der Waals surface area contributed by atoms with E-state index in [-0.39, 0.29) is 16.5 Å². The Balaban J connectivity index is 1.58. The molecule has 3 heterocycles. The summed E-state index contributed by atoms with van der Waals surface area (Å²) in [6.07, 6.45) is -2.12. The quantitative estimate of drug-likeness (QED) is 0.327. The van der Waals surface area contributed by atoms with Gasteiger partial charge < -0.3 is 9.84 Å². The Hall–Kier alpha value is -3.25. The smallest absolute Gasteiger partial charge is 0.372 e. The zero-order valence-corrected chi connectivity index (χ0v) is 19.7. The summed E-state index contributed by atoms with van der Waals surface area (Å²) in [5.74, 6) is 0.571. The Morgan fingerprint density at radius 3 is 2.68 bits per heavy atom. The second kappa shape index (κ2) is 9.55. The molecule has 0 bridgehead atoms. The molecule has 1 unspecified atom stereocenters. The van der Waals surface area contributed by atoms with Crippen molar-refractivity contribution in [3.05, 3.63) is 80.0 Å². The van der Waals surface area contributed by atoms with Gasteiger partial charge in [0.15, 0.2) is 11.6 Å². The molecule has 34 heavy (non-hydrogen) atoms. The minimum Gasteiger partial charge on any atom is -0.372 e. The van der Waals surface area contributed by atoms with Crippen LogP contribution >= 0.6 is 27.5 Å². The predicted octanol–water partition coefficient (Wildman–Crippen LogP) is 5.68. The Kier molecular flexibility index (Phi) is 6.71. The molecule has 0 aliphatic heterocycles. The molecule has 8 nitrogen and oxygen atoms in total. The first-order valence-corrected chi connectivity index (χ1v) is 11.0. The van der Waals surface area contributed by atoms with E-state index in [1.165, 1.54) is 6.20 Å². The molecule has 1 atom stereocenters. The van der Waals surface area contributed by atoms with E-state index >= 15 is 0 Å². The van der Waals surface area contributed by atoms with Crippen molar-refractivity contribution in [2.75, 3.05) is 5.32 Å². The van der Waals surface area contributed by atoms with Gasteiger partial charge >= 0.3 is 6.18 Å². The van der Waals surface area contributed by atoms with E-state index in [2.05, 4.69) is 41.5 Å². The number of nitrogens with zero attached hydrogens (tertiary/aromatic N) is 5. The Bertz CT molecular complexity index is 1370. The largest absolute Gasteiger partial charge is 0.417 e. The minimum absolute atomic E-state index is 0.102. The van der Waals surface area contributed by atoms with Crippen molar-refractivity contribution in [2.45, 2.75) is 25.6 Å². The molecule has 0 aliphatic carbocycles. The number of aromatic nitrogens is 5. The van der Waals surface area contributed by atoms with E-state index in [0.717, 1.165) is 26.9 Å². The highest BCUT2D eigenvalue weighted by Gasteiger charge is 2.31. The highest BCUT2D eigenvalue weighted by Crippen LogP contribution is 2.29. The Morgan fingerprint density at radius 2 is 2.03 bits per heavy atom. The summed E-state index contributed by atoms with van der Waals surface area (Å²) >= 11 is 9.64. The van der Waals surface area contributed by atoms with Gasteiger partial charge in [0, 0.05) is 16.2 Å². The van der Waals surface area contributed by atoms with Crippen molar-refractivity contribution in [2.24, 2.45) is 0 Å². The summed E-state index contributed by atoms with van der Waals surface area (Å²) in [7, 11) is 0. The number of hydrogen-bond acceptors (Lipinski definition) is 7. The maximum Gasteiger partial charge on any atom is 0.417 e. The van der Waals surface area contributed by atoms with Gasteiger partial charge in [-0.3, -0.25) is 4.79 Å². The second-order valence-corrected chi connectivity index (χ2v) is 8.36. The lowest BCUT2D eigenvalue weighted by Crippen LogP contribution is -2.24. The maximum absolute atomic E-state index is 12.8. The van der Waals surface area contributed by atoms with Crippen molar-refractivity contribution >= 4 is 33.2 Å². The van der Waals surface area contributed by atoms with Crippen LogP contribution in [0.2, 0.25) is 5.02 Å². The number of hydrogen-bond donors (Lipinski definition) is 1. The summed E-state index contributed by atoms with van der Waals surface area (Å²) in [6.45, 7) is 1.88. The van der Waals surface area contributed by atoms with Gasteiger partial charge in [-0.05, 0) is 36.8 Å². The van der Waals surface area contributed by atoms with Gasteiger partial charge in [0.05, 0.1) is 23.5 Å². The van der Waals surface area contributed by atoms with Crippen LogP contribution in [-0.2, 0) is 6.18 Å². The lowest BCUT2D eigenvalue weighted by molar-refractivity contribution is -0.137. The van der Waals surface area contributed by atoms with Gasteiger partial charge in [-0.2, -0.15) is 27.9 Å². The lowest BCUT2D eigenvalue weighted by atomic mass is 10.2. The van der Waals surface area contributed by atoms with Gasteiger partial charge in [-0.25, -0.2) is 4.98 Å². The molecule has 3 aromatic heterocycles. The van der Waals surface area contributed by atoms with Crippen LogP contribution in [0.25, 0.3) is 17.3 Å². The van der Waals surface area contributed by atoms with Crippen LogP contribution in [0.1, 0.15) is 30.8 Å². The van der Waals surface area contributed by atoms with Gasteiger partial charge in [-0.1, -0.05) is 45.7 Å². The monoisotopic (exact) mass is 554 g/mol. The number of benzene rings is 1. The van der Waals surface area contributed by atoms with Crippen LogP contribution in [0.3, 0.4) is 0 Å². The van der Waals surface area contributed by atoms with Crippen molar-refractivity contribution in [3.63, 3.8) is 0 Å². The Labute approximate surface area is 203 Å². The molecular weight excluding hydrogens is 541 g/mol. The molecule has 0 spiro atoms. The fraction of sp³-hybridized carbons (Fsp3) is 0.190. The third-order valence-electron chi connectivity index (χ3n) is 4.77. The number of halogens is 5. The molecule has 13 heteroatoms. The van der Waals surface area contributed by atoms with Crippen LogP contribution in [0.5, 0.6) is 0 Å². The highest BCUT2D eigenvalue weighted by atomic mass is 79.9. The van der Waals surface area contributed by atoms with Crippen molar-refractivity contribution in [3.8, 4) is 17.3 Å². The van der Waals surface area contributed by atoms with E-state index in [1.807, 2.05) is 31.2 Å². The van der Waals surface area contributed by atoms with Crippen molar-refractivity contribution in [1.29, 1.82) is 0 Å². The molecule has 0 saturated carbocycles. The van der Waals surface area contributed by atoms with Crippen LogP contribution < -0.4 is 10.9 Å². The third kappa shape index (κ3) is 4.97. The standard InChI is InChI=1S/C21H15BrClF3N6O2/c1-2-14(18-30-19(34-31-18)11-4-3-5-13(22)8-11)29-15-10-28-32(20(33)17(15)23)16-7-6-12(9-27-16)21(24,25)26/h3-10,14,29H,2H2,1H3. The summed E-state index contributed by atoms with van der Waals surface area (Å²) in [6, 6.07) is 8.76. The summed E-state index contributed by atoms with van der Waals surface area (Å²) < 4.78 is 45.3. The molecule has 0 saturated heterocycles. The van der Waals surface area contributed by atoms with E-state index in [9.17, 15) is 18.0 Å². The zero-order chi connectivity index (χ0) is 24.5. The molecule has 0 amide bonds. The molecule has 0 radical (unpaired) electrons. The van der Waals surface area contributed by atoms with Crippen molar-refractivity contribution in [1.82, 2.24) is 24.9 Å². The summed E-state index contributed by atoms with van der Waals surface area (Å²) in [4.78, 5) is 20.8. The molecule has 0 aliphatic rings. The highest BCUT2D eigenvalue weighted by molar-refractivity contribution is 9.10. The van der Waals surface area contributed by atoms with E-state index < -0.39 is 23.3 Å². The summed E-state index contributed by atoms with van der Waals surface area (Å²) in [5, 5.41) is 10.9. The molecule has 4 rings (SSSR count). The molecular formula is C21H15BrClF3N6O2. The fourth-order valence-corrected chi connectivity index (χ4v) is 3.61. The van der Waals surface area contributed by atoms with Crippen LogP contribution in [-0.4, -0.2) is 24.9 Å². The van der Waals surface area contributed by atoms with E-state index in [0.29, 0.717) is 24.3 Å². The number of rotatable bonds is 6. The van der Waals surface area contributed by atoms with E-state index in [1.54, 1.807) is 0 Å². The summed E-state index contributed by atoms with van der Waals surface area (Å²) in [5.41, 5.74) is -0.761. The molecule has 4 aromatic rings. The average molecular weight is 556 g/mol. The number of anilines is 1. The Morgan fingerprint density at radius 1 is 1.24 bits per heavy atom. The SMILES string of the molecule is CCC(Nc1cnn(-c2ccc(C(F)(F)F)cn2)c(=O)c1Cl)c1noc(-c2cccc(Br)c2)n1. The first kappa shape index (κ1) is 23.9. The van der Waals surface area contributed by atoms with Crippen molar-refractivity contribution < 1.29 is 17.7 Å². The zero-order valence-electron chi connectivity index (χ0n) is 17.3. The van der Waals surface area contributed by atoms with Crippen LogP contribution in [0, 0.1) is 0 Å². The molecule has 176 valence electrons. The molecule has 0 fully saturated rings. The third-order valence-corrected chi connectivity index (χ3v) is 5.63. The lowest BCUT2D eigenvalue weighted by Gasteiger charge is -2.16. The average Bonchev–Trinajstić information content (AvgIpc) is 3.30. The van der Waals surface area contributed by atoms with Gasteiger partial charge in [0.2, 0.25) is 0 Å². The van der Waals surface area contributed by atoms with E-state index in [4.69, 9.17) is 16.1 Å². The molecule has 1 aromatic carbocycles. The normalized spacial score (nSPS) is 12.5. The van der Waals surface area contributed by atoms with Gasteiger partial charge in [0.25, 0.3) is 11.4 Å². The topological polar surface area (TPSA) is 98.7 Å². The van der Waals surface area contributed by atoms with Gasteiger partial charge in [-0.15, -0.1) is 0 Å². The fourth-order valence-electron chi connectivity index (χ4n) is 3.03.